The minimum Gasteiger partial charge on any atom is -0.314 e. The van der Waals surface area contributed by atoms with Gasteiger partial charge in [0.2, 0.25) is 6.41 Å². The maximum absolute atomic E-state index is 10.9. The van der Waals surface area contributed by atoms with Gasteiger partial charge >= 0.3 is 0 Å². The minimum absolute atomic E-state index is 0.570. The third-order valence-corrected chi connectivity index (χ3v) is 3.02. The second-order valence-corrected chi connectivity index (χ2v) is 4.00. The Hall–Kier alpha value is -1.31. The van der Waals surface area contributed by atoms with Gasteiger partial charge in [-0.15, -0.1) is 0 Å². The molecule has 2 rings (SSSR count). The molecule has 1 aromatic carbocycles. The summed E-state index contributed by atoms with van der Waals surface area (Å²) in [7, 11) is 0. The summed E-state index contributed by atoms with van der Waals surface area (Å²) in [6, 6.07) is 6.26. The van der Waals surface area contributed by atoms with Crippen molar-refractivity contribution in [3.8, 4) is 0 Å². The SMILES string of the molecule is Cc1cccc2c1N(C=O)CCC2C. The average molecular weight is 189 g/mol. The zero-order valence-electron chi connectivity index (χ0n) is 8.66. The van der Waals surface area contributed by atoms with Crippen LogP contribution in [0.4, 0.5) is 5.69 Å². The lowest BCUT2D eigenvalue weighted by molar-refractivity contribution is -0.107. The van der Waals surface area contributed by atoms with Gasteiger partial charge in [0.1, 0.15) is 0 Å². The molecule has 1 heterocycles. The van der Waals surface area contributed by atoms with E-state index in [-0.39, 0.29) is 0 Å². The number of hydrogen-bond donors (Lipinski definition) is 0. The van der Waals surface area contributed by atoms with Crippen LogP contribution in [0.5, 0.6) is 0 Å². The summed E-state index contributed by atoms with van der Waals surface area (Å²) in [5, 5.41) is 0. The third kappa shape index (κ3) is 1.31. The Morgan fingerprint density at radius 1 is 1.50 bits per heavy atom. The monoisotopic (exact) mass is 189 g/mol. The van der Waals surface area contributed by atoms with E-state index in [1.165, 1.54) is 11.1 Å². The predicted molar refractivity (Wildman–Crippen MR) is 57.6 cm³/mol. The molecule has 1 atom stereocenters. The fourth-order valence-electron chi connectivity index (χ4n) is 2.18. The van der Waals surface area contributed by atoms with Crippen molar-refractivity contribution in [3.05, 3.63) is 29.3 Å². The molecular weight excluding hydrogens is 174 g/mol. The van der Waals surface area contributed by atoms with Gasteiger partial charge in [-0.1, -0.05) is 25.1 Å². The summed E-state index contributed by atoms with van der Waals surface area (Å²) in [5.41, 5.74) is 3.63. The van der Waals surface area contributed by atoms with Gasteiger partial charge in [-0.3, -0.25) is 4.79 Å². The van der Waals surface area contributed by atoms with Gasteiger partial charge in [0.05, 0.1) is 0 Å². The van der Waals surface area contributed by atoms with Crippen LogP contribution in [-0.4, -0.2) is 13.0 Å². The van der Waals surface area contributed by atoms with Gasteiger partial charge in [-0.05, 0) is 30.4 Å². The summed E-state index contributed by atoms with van der Waals surface area (Å²) < 4.78 is 0. The van der Waals surface area contributed by atoms with E-state index in [1.807, 2.05) is 4.90 Å². The smallest absolute Gasteiger partial charge is 0.214 e. The Morgan fingerprint density at radius 3 is 3.00 bits per heavy atom. The summed E-state index contributed by atoms with van der Waals surface area (Å²) in [6.45, 7) is 5.14. The van der Waals surface area contributed by atoms with Crippen molar-refractivity contribution in [2.45, 2.75) is 26.2 Å². The van der Waals surface area contributed by atoms with Crippen LogP contribution in [0.25, 0.3) is 0 Å². The van der Waals surface area contributed by atoms with Crippen molar-refractivity contribution in [1.29, 1.82) is 0 Å². The number of carbonyl (C=O) groups excluding carboxylic acids is 1. The Morgan fingerprint density at radius 2 is 2.29 bits per heavy atom. The van der Waals surface area contributed by atoms with E-state index < -0.39 is 0 Å². The van der Waals surface area contributed by atoms with E-state index in [0.29, 0.717) is 5.92 Å². The Bertz CT molecular complexity index is 359. The topological polar surface area (TPSA) is 20.3 Å². The number of anilines is 1. The number of benzene rings is 1. The van der Waals surface area contributed by atoms with E-state index in [0.717, 1.165) is 25.1 Å². The molecule has 0 fully saturated rings. The molecule has 2 heteroatoms. The van der Waals surface area contributed by atoms with Crippen LogP contribution in [0.1, 0.15) is 30.4 Å². The molecule has 0 saturated carbocycles. The normalized spacial score (nSPS) is 20.4. The van der Waals surface area contributed by atoms with Crippen LogP contribution in [0.3, 0.4) is 0 Å². The predicted octanol–water partition coefficient (Wildman–Crippen LogP) is 2.47. The van der Waals surface area contributed by atoms with Crippen molar-refractivity contribution in [1.82, 2.24) is 0 Å². The second-order valence-electron chi connectivity index (χ2n) is 4.00. The summed E-state index contributed by atoms with van der Waals surface area (Å²) in [5.74, 6) is 0.570. The molecule has 0 spiro atoms. The fourth-order valence-corrected chi connectivity index (χ4v) is 2.18. The first kappa shape index (κ1) is 9.25. The van der Waals surface area contributed by atoms with Gasteiger partial charge in [-0.25, -0.2) is 0 Å². The first-order valence-electron chi connectivity index (χ1n) is 5.05. The van der Waals surface area contributed by atoms with Gasteiger partial charge < -0.3 is 4.90 Å². The molecule has 0 saturated heterocycles. The first-order chi connectivity index (χ1) is 6.74. The lowest BCUT2D eigenvalue weighted by atomic mass is 9.90. The highest BCUT2D eigenvalue weighted by Crippen LogP contribution is 2.36. The zero-order chi connectivity index (χ0) is 10.1. The molecule has 0 bridgehead atoms. The van der Waals surface area contributed by atoms with Crippen molar-refractivity contribution in [2.24, 2.45) is 0 Å². The van der Waals surface area contributed by atoms with Crippen molar-refractivity contribution >= 4 is 12.1 Å². The summed E-state index contributed by atoms with van der Waals surface area (Å²) in [6.07, 6.45) is 2.01. The van der Waals surface area contributed by atoms with Crippen molar-refractivity contribution in [2.75, 3.05) is 11.4 Å². The van der Waals surface area contributed by atoms with Gasteiger partial charge in [0.15, 0.2) is 0 Å². The molecule has 1 aliphatic heterocycles. The molecule has 0 aromatic heterocycles. The van der Waals surface area contributed by atoms with E-state index in [2.05, 4.69) is 32.0 Å². The molecule has 0 aliphatic carbocycles. The number of nitrogens with zero attached hydrogens (tertiary/aromatic N) is 1. The number of amides is 1. The standard InChI is InChI=1S/C12H15NO/c1-9-6-7-13(8-14)12-10(2)4-3-5-11(9)12/h3-5,8-9H,6-7H2,1-2H3. The van der Waals surface area contributed by atoms with Gasteiger partial charge in [0, 0.05) is 12.2 Å². The zero-order valence-corrected chi connectivity index (χ0v) is 8.66. The molecule has 0 radical (unpaired) electrons. The quantitative estimate of drug-likeness (QED) is 0.621. The Balaban J connectivity index is 2.56. The molecular formula is C12H15NO. The molecule has 1 aromatic rings. The Kier molecular flexibility index (Phi) is 2.28. The average Bonchev–Trinajstić information content (AvgIpc) is 2.20. The molecule has 1 amide bonds. The molecule has 0 N–H and O–H groups in total. The van der Waals surface area contributed by atoms with Crippen molar-refractivity contribution < 1.29 is 4.79 Å². The summed E-state index contributed by atoms with van der Waals surface area (Å²) >= 11 is 0. The lowest BCUT2D eigenvalue weighted by Crippen LogP contribution is -2.29. The third-order valence-electron chi connectivity index (χ3n) is 3.02. The molecule has 14 heavy (non-hydrogen) atoms. The number of carbonyl (C=O) groups is 1. The Labute approximate surface area is 84.5 Å². The van der Waals surface area contributed by atoms with Crippen LogP contribution in [0.15, 0.2) is 18.2 Å². The van der Waals surface area contributed by atoms with E-state index in [4.69, 9.17) is 0 Å². The van der Waals surface area contributed by atoms with Crippen LogP contribution in [-0.2, 0) is 4.79 Å². The largest absolute Gasteiger partial charge is 0.314 e. The highest BCUT2D eigenvalue weighted by Gasteiger charge is 2.22. The second kappa shape index (κ2) is 3.45. The van der Waals surface area contributed by atoms with Gasteiger partial charge in [-0.2, -0.15) is 0 Å². The van der Waals surface area contributed by atoms with E-state index in [1.54, 1.807) is 0 Å². The number of para-hydroxylation sites is 1. The number of hydrogen-bond acceptors (Lipinski definition) is 1. The maximum atomic E-state index is 10.9. The molecule has 1 aliphatic rings. The number of aryl methyl sites for hydroxylation is 1. The molecule has 2 nitrogen and oxygen atoms in total. The maximum Gasteiger partial charge on any atom is 0.214 e. The summed E-state index contributed by atoms with van der Waals surface area (Å²) in [4.78, 5) is 12.7. The van der Waals surface area contributed by atoms with Crippen LogP contribution < -0.4 is 4.90 Å². The molecule has 74 valence electrons. The number of rotatable bonds is 1. The first-order valence-corrected chi connectivity index (χ1v) is 5.05. The van der Waals surface area contributed by atoms with Crippen LogP contribution in [0.2, 0.25) is 0 Å². The lowest BCUT2D eigenvalue weighted by Gasteiger charge is -2.31. The molecule has 1 unspecified atom stereocenters. The highest BCUT2D eigenvalue weighted by atomic mass is 16.1. The van der Waals surface area contributed by atoms with Crippen LogP contribution >= 0.6 is 0 Å². The van der Waals surface area contributed by atoms with Crippen LogP contribution in [0, 0.1) is 6.92 Å². The minimum atomic E-state index is 0.570. The van der Waals surface area contributed by atoms with Crippen molar-refractivity contribution in [3.63, 3.8) is 0 Å². The van der Waals surface area contributed by atoms with Gasteiger partial charge in [0.25, 0.3) is 0 Å². The van der Waals surface area contributed by atoms with E-state index in [9.17, 15) is 4.79 Å². The van der Waals surface area contributed by atoms with E-state index >= 15 is 0 Å². The highest BCUT2D eigenvalue weighted by molar-refractivity contribution is 5.80. The fraction of sp³-hybridized carbons (Fsp3) is 0.417. The number of fused-ring (bicyclic) bond motifs is 1.